The summed E-state index contributed by atoms with van der Waals surface area (Å²) >= 11 is 3.31. The number of nitrogens with zero attached hydrogens (tertiary/aromatic N) is 2. The molecule has 0 spiro atoms. The normalized spacial score (nSPS) is 17.5. The van der Waals surface area contributed by atoms with Gasteiger partial charge in [-0.2, -0.15) is 0 Å². The van der Waals surface area contributed by atoms with Crippen LogP contribution in [0.3, 0.4) is 0 Å². The molecule has 2 heterocycles. The van der Waals surface area contributed by atoms with Gasteiger partial charge in [-0.3, -0.25) is 4.79 Å². The van der Waals surface area contributed by atoms with Crippen LogP contribution >= 0.6 is 23.1 Å². The zero-order valence-corrected chi connectivity index (χ0v) is 17.2. The lowest BCUT2D eigenvalue weighted by molar-refractivity contribution is -0.119. The predicted octanol–water partition coefficient (Wildman–Crippen LogP) is 4.79. The second-order valence-electron chi connectivity index (χ2n) is 7.20. The van der Waals surface area contributed by atoms with Gasteiger partial charge in [0.2, 0.25) is 5.91 Å². The molecular weight excluding hydrogens is 374 g/mol. The highest BCUT2D eigenvalue weighted by atomic mass is 32.2. The minimum Gasteiger partial charge on any atom is -0.349 e. The minimum atomic E-state index is 0.000104. The van der Waals surface area contributed by atoms with Gasteiger partial charge in [-0.15, -0.1) is 11.3 Å². The monoisotopic (exact) mass is 397 g/mol. The van der Waals surface area contributed by atoms with E-state index >= 15 is 0 Å². The van der Waals surface area contributed by atoms with Crippen molar-refractivity contribution in [3.63, 3.8) is 0 Å². The average Bonchev–Trinajstić information content (AvgIpc) is 3.05. The molecule has 2 atom stereocenters. The number of amides is 1. The Morgan fingerprint density at radius 2 is 2.15 bits per heavy atom. The van der Waals surface area contributed by atoms with Gasteiger partial charge in [-0.05, 0) is 43.2 Å². The number of fused-ring (bicyclic) bond motifs is 3. The summed E-state index contributed by atoms with van der Waals surface area (Å²) in [6, 6.07) is 10.0. The van der Waals surface area contributed by atoms with Gasteiger partial charge in [-0.1, -0.05) is 49.0 Å². The van der Waals surface area contributed by atoms with Crippen molar-refractivity contribution in [2.45, 2.75) is 44.2 Å². The van der Waals surface area contributed by atoms with Gasteiger partial charge >= 0.3 is 0 Å². The Balaban J connectivity index is 1.47. The molecule has 0 bridgehead atoms. The molecule has 2 aromatic heterocycles. The van der Waals surface area contributed by atoms with E-state index in [1.165, 1.54) is 34.0 Å². The summed E-state index contributed by atoms with van der Waals surface area (Å²) < 4.78 is 0. The first-order valence-corrected chi connectivity index (χ1v) is 11.1. The van der Waals surface area contributed by atoms with E-state index in [0.717, 1.165) is 34.2 Å². The number of rotatable bonds is 5. The van der Waals surface area contributed by atoms with Crippen molar-refractivity contribution in [1.82, 2.24) is 15.3 Å². The van der Waals surface area contributed by atoms with Crippen molar-refractivity contribution in [3.8, 4) is 0 Å². The molecule has 140 valence electrons. The molecule has 1 aromatic carbocycles. The van der Waals surface area contributed by atoms with E-state index in [-0.39, 0.29) is 11.9 Å². The molecule has 1 N–H and O–H groups in total. The first-order valence-electron chi connectivity index (χ1n) is 9.34. The molecule has 1 amide bonds. The number of thiophene rings is 1. The summed E-state index contributed by atoms with van der Waals surface area (Å²) in [4.78, 5) is 23.9. The smallest absolute Gasteiger partial charge is 0.230 e. The lowest BCUT2D eigenvalue weighted by Gasteiger charge is -2.18. The van der Waals surface area contributed by atoms with E-state index in [1.54, 1.807) is 17.7 Å². The lowest BCUT2D eigenvalue weighted by atomic mass is 9.89. The molecule has 0 fully saturated rings. The number of thioether (sulfide) groups is 1. The molecular formula is C21H23N3OS2. The van der Waals surface area contributed by atoms with Crippen LogP contribution in [0.4, 0.5) is 0 Å². The maximum absolute atomic E-state index is 12.4. The van der Waals surface area contributed by atoms with Gasteiger partial charge in [0, 0.05) is 10.3 Å². The van der Waals surface area contributed by atoms with Crippen LogP contribution in [0, 0.1) is 5.92 Å². The van der Waals surface area contributed by atoms with Crippen LogP contribution in [-0.2, 0) is 17.6 Å². The van der Waals surface area contributed by atoms with Crippen molar-refractivity contribution in [2.75, 3.05) is 5.75 Å². The molecule has 4 nitrogen and oxygen atoms in total. The fourth-order valence-electron chi connectivity index (χ4n) is 3.60. The topological polar surface area (TPSA) is 54.9 Å². The Morgan fingerprint density at radius 3 is 2.96 bits per heavy atom. The summed E-state index contributed by atoms with van der Waals surface area (Å²) in [5.41, 5.74) is 2.52. The zero-order valence-electron chi connectivity index (χ0n) is 15.6. The second kappa shape index (κ2) is 7.98. The summed E-state index contributed by atoms with van der Waals surface area (Å²) in [6.07, 6.45) is 5.07. The molecule has 0 unspecified atom stereocenters. The number of benzene rings is 1. The van der Waals surface area contributed by atoms with Crippen LogP contribution in [-0.4, -0.2) is 21.6 Å². The van der Waals surface area contributed by atoms with E-state index in [0.29, 0.717) is 5.75 Å². The Labute approximate surface area is 167 Å². The zero-order chi connectivity index (χ0) is 18.8. The van der Waals surface area contributed by atoms with Crippen molar-refractivity contribution in [3.05, 3.63) is 52.7 Å². The highest BCUT2D eigenvalue weighted by molar-refractivity contribution is 8.00. The van der Waals surface area contributed by atoms with Crippen LogP contribution in [0.2, 0.25) is 0 Å². The largest absolute Gasteiger partial charge is 0.349 e. The summed E-state index contributed by atoms with van der Waals surface area (Å²) in [5.74, 6) is 1.13. The SMILES string of the molecule is C[C@H]1CCc2c(sc3ncnc(SCC(=O)N[C@H](C)c4ccccc4)c23)C1. The first-order chi connectivity index (χ1) is 13.1. The molecule has 1 aliphatic rings. The van der Waals surface area contributed by atoms with Crippen molar-refractivity contribution >= 4 is 39.2 Å². The standard InChI is InChI=1S/C21H23N3OS2/c1-13-8-9-16-17(10-13)27-21-19(16)20(22-12-23-21)26-11-18(25)24-14(2)15-6-4-3-5-7-15/h3-7,12-14H,8-11H2,1-2H3,(H,24,25)/t13-,14+/m0/s1. The van der Waals surface area contributed by atoms with Crippen molar-refractivity contribution in [1.29, 1.82) is 0 Å². The summed E-state index contributed by atoms with van der Waals surface area (Å²) in [7, 11) is 0. The second-order valence-corrected chi connectivity index (χ2v) is 9.25. The molecule has 3 aromatic rings. The lowest BCUT2D eigenvalue weighted by Crippen LogP contribution is -2.28. The Bertz CT molecular complexity index is 955. The molecule has 0 radical (unpaired) electrons. The Morgan fingerprint density at radius 1 is 1.33 bits per heavy atom. The van der Waals surface area contributed by atoms with Gasteiger partial charge in [0.05, 0.1) is 11.8 Å². The van der Waals surface area contributed by atoms with E-state index in [4.69, 9.17) is 0 Å². The quantitative estimate of drug-likeness (QED) is 0.497. The third kappa shape index (κ3) is 4.01. The molecule has 4 rings (SSSR count). The summed E-state index contributed by atoms with van der Waals surface area (Å²) in [5, 5.41) is 5.19. The highest BCUT2D eigenvalue weighted by Gasteiger charge is 2.23. The maximum Gasteiger partial charge on any atom is 0.230 e. The Kier molecular flexibility index (Phi) is 5.45. The van der Waals surface area contributed by atoms with Gasteiger partial charge in [0.1, 0.15) is 16.2 Å². The number of hydrogen-bond donors (Lipinski definition) is 1. The average molecular weight is 398 g/mol. The van der Waals surface area contributed by atoms with Gasteiger partial charge in [0.25, 0.3) is 0 Å². The van der Waals surface area contributed by atoms with Gasteiger partial charge in [0.15, 0.2) is 0 Å². The predicted molar refractivity (Wildman–Crippen MR) is 112 cm³/mol. The van der Waals surface area contributed by atoms with E-state index in [1.807, 2.05) is 37.3 Å². The molecule has 27 heavy (non-hydrogen) atoms. The van der Waals surface area contributed by atoms with Crippen molar-refractivity contribution in [2.24, 2.45) is 5.92 Å². The van der Waals surface area contributed by atoms with Crippen LogP contribution in [0.5, 0.6) is 0 Å². The van der Waals surface area contributed by atoms with Crippen LogP contribution in [0.15, 0.2) is 41.7 Å². The number of aromatic nitrogens is 2. The first kappa shape index (κ1) is 18.4. The third-order valence-corrected chi connectivity index (χ3v) is 7.23. The molecule has 0 saturated heterocycles. The number of carbonyl (C=O) groups excluding carboxylic acids is 1. The number of carbonyl (C=O) groups is 1. The van der Waals surface area contributed by atoms with E-state index in [2.05, 4.69) is 22.2 Å². The third-order valence-electron chi connectivity index (χ3n) is 5.07. The summed E-state index contributed by atoms with van der Waals surface area (Å²) in [6.45, 7) is 4.32. The fraction of sp³-hybridized carbons (Fsp3) is 0.381. The minimum absolute atomic E-state index is 0.000104. The van der Waals surface area contributed by atoms with Gasteiger partial charge < -0.3 is 5.32 Å². The van der Waals surface area contributed by atoms with Crippen LogP contribution < -0.4 is 5.32 Å². The number of aryl methyl sites for hydroxylation is 1. The molecule has 6 heteroatoms. The molecule has 0 saturated carbocycles. The van der Waals surface area contributed by atoms with E-state index < -0.39 is 0 Å². The Hall–Kier alpha value is -1.92. The van der Waals surface area contributed by atoms with E-state index in [9.17, 15) is 4.79 Å². The van der Waals surface area contributed by atoms with Crippen LogP contribution in [0.25, 0.3) is 10.2 Å². The van der Waals surface area contributed by atoms with Crippen molar-refractivity contribution < 1.29 is 4.79 Å². The highest BCUT2D eigenvalue weighted by Crippen LogP contribution is 2.40. The van der Waals surface area contributed by atoms with Gasteiger partial charge in [-0.25, -0.2) is 9.97 Å². The number of hydrogen-bond acceptors (Lipinski definition) is 5. The molecule has 1 aliphatic carbocycles. The fourth-order valence-corrected chi connectivity index (χ4v) is 5.85. The number of nitrogens with one attached hydrogen (secondary N) is 1. The maximum atomic E-state index is 12.4. The molecule has 0 aliphatic heterocycles. The van der Waals surface area contributed by atoms with Crippen LogP contribution in [0.1, 0.15) is 42.3 Å².